The van der Waals surface area contributed by atoms with Gasteiger partial charge in [-0.2, -0.15) is 0 Å². The van der Waals surface area contributed by atoms with Gasteiger partial charge in [-0.3, -0.25) is 9.59 Å². The van der Waals surface area contributed by atoms with Crippen molar-refractivity contribution in [3.8, 4) is 0 Å². The predicted octanol–water partition coefficient (Wildman–Crippen LogP) is 4.41. The van der Waals surface area contributed by atoms with Crippen LogP contribution in [0.3, 0.4) is 0 Å². The third kappa shape index (κ3) is 9.91. The summed E-state index contributed by atoms with van der Waals surface area (Å²) in [7, 11) is 3.25. The summed E-state index contributed by atoms with van der Waals surface area (Å²) in [6.07, 6.45) is 7.35. The van der Waals surface area contributed by atoms with Gasteiger partial charge in [0, 0.05) is 33.1 Å². The van der Waals surface area contributed by atoms with Crippen molar-refractivity contribution in [1.82, 2.24) is 4.90 Å². The molecule has 1 amide bonds. The highest BCUT2D eigenvalue weighted by Crippen LogP contribution is 2.41. The number of methoxy groups -OCH3 is 2. The fourth-order valence-corrected chi connectivity index (χ4v) is 8.53. The average Bonchev–Trinajstić information content (AvgIpc) is 3.13. The Morgan fingerprint density at radius 2 is 1.81 bits per heavy atom. The van der Waals surface area contributed by atoms with Crippen molar-refractivity contribution in [3.63, 3.8) is 0 Å². The first-order valence-corrected chi connectivity index (χ1v) is 19.5. The van der Waals surface area contributed by atoms with Crippen molar-refractivity contribution >= 4 is 17.7 Å². The van der Waals surface area contributed by atoms with E-state index in [0.29, 0.717) is 77.2 Å². The largest absolute Gasteiger partial charge is 0.456 e. The van der Waals surface area contributed by atoms with E-state index in [0.717, 1.165) is 17.6 Å². The van der Waals surface area contributed by atoms with Gasteiger partial charge in [-0.15, -0.1) is 0 Å². The van der Waals surface area contributed by atoms with Gasteiger partial charge < -0.3 is 43.9 Å². The van der Waals surface area contributed by atoms with E-state index in [4.69, 9.17) is 23.7 Å². The zero-order valence-corrected chi connectivity index (χ0v) is 32.5. The van der Waals surface area contributed by atoms with Gasteiger partial charge >= 0.3 is 5.97 Å². The summed E-state index contributed by atoms with van der Waals surface area (Å²) in [5.41, 5.74) is 0.398. The smallest absolute Gasteiger partial charge is 0.329 e. The Labute approximate surface area is 310 Å². The molecule has 11 atom stereocenters. The van der Waals surface area contributed by atoms with Crippen LogP contribution in [0.4, 0.5) is 0 Å². The molecule has 12 nitrogen and oxygen atoms in total. The average molecular weight is 736 g/mol. The van der Waals surface area contributed by atoms with Gasteiger partial charge in [0.15, 0.2) is 5.79 Å². The fraction of sp³-hybridized carbons (Fsp3) is 0.825. The monoisotopic (exact) mass is 735 g/mol. The minimum atomic E-state index is -1.47. The number of ether oxygens (including phenoxy) is 5. The summed E-state index contributed by atoms with van der Waals surface area (Å²) in [5, 5.41) is 30.9. The first-order chi connectivity index (χ1) is 24.7. The number of aliphatic hydroxyl groups excluding tert-OH is 2. The fourth-order valence-electron chi connectivity index (χ4n) is 8.53. The molecule has 4 bridgehead atoms. The highest BCUT2D eigenvalue weighted by atomic mass is 16.6. The Hall–Kier alpha value is -2.19. The topological polar surface area (TPSA) is 161 Å². The number of piperidine rings is 1. The number of nitrogens with zero attached hydrogens (tertiary/aromatic N) is 1. The van der Waals surface area contributed by atoms with Crippen LogP contribution >= 0.6 is 0 Å². The molecular formula is C40H65NO11. The van der Waals surface area contributed by atoms with E-state index in [1.54, 1.807) is 21.1 Å². The molecule has 3 fully saturated rings. The molecule has 0 aromatic carbocycles. The molecule has 0 aromatic heterocycles. The molecule has 3 saturated heterocycles. The van der Waals surface area contributed by atoms with Gasteiger partial charge in [-0.25, -0.2) is 4.79 Å². The maximum Gasteiger partial charge on any atom is 0.329 e. The van der Waals surface area contributed by atoms with Crippen molar-refractivity contribution in [3.05, 3.63) is 23.3 Å². The maximum atomic E-state index is 14.3. The van der Waals surface area contributed by atoms with Crippen molar-refractivity contribution < 1.29 is 53.4 Å². The van der Waals surface area contributed by atoms with E-state index in [-0.39, 0.29) is 37.0 Å². The third-order valence-electron chi connectivity index (χ3n) is 12.1. The molecule has 0 saturated carbocycles. The molecule has 5 aliphatic rings. The van der Waals surface area contributed by atoms with Gasteiger partial charge in [0.25, 0.3) is 11.7 Å². The first-order valence-electron chi connectivity index (χ1n) is 19.5. The van der Waals surface area contributed by atoms with Crippen LogP contribution in [0.25, 0.3) is 0 Å². The number of ketones is 1. The number of carbonyl (C=O) groups excluding carboxylic acids is 3. The summed E-state index contributed by atoms with van der Waals surface area (Å²) < 4.78 is 31.0. The standard InChI is InChI=1S/C40H65NO11/c1-8-29-22-28-19-25(2)20-33(48-6)35-34(49-7)21-27(4)39(5,52-35)36(44)37(45)41-18-10-9-15-31(41)38(46)51-32(16-12-17-40(29,47)50-24-28)26(3)13-11-14-30(43)23-42/h13,22,25,27,29-35,42-43,47H,8-12,14-21,23-24H2,1-7H3/b26-13-/t25-,27+,29+,30?,31?,32+,33-,34-,35+,39+,40?/m0/s1. The first kappa shape index (κ1) is 42.6. The van der Waals surface area contributed by atoms with E-state index in [2.05, 4.69) is 13.0 Å². The quantitative estimate of drug-likeness (QED) is 0.184. The minimum absolute atomic E-state index is 0.146. The van der Waals surface area contributed by atoms with Gasteiger partial charge in [-0.05, 0) is 107 Å². The second-order valence-electron chi connectivity index (χ2n) is 15.9. The van der Waals surface area contributed by atoms with Crippen LogP contribution in [0, 0.1) is 17.8 Å². The van der Waals surface area contributed by atoms with Crippen LogP contribution < -0.4 is 0 Å². The number of rotatable bonds is 8. The number of carbonyl (C=O) groups is 3. The molecule has 12 heteroatoms. The number of aliphatic hydroxyl groups is 3. The molecule has 296 valence electrons. The van der Waals surface area contributed by atoms with E-state index in [1.807, 2.05) is 26.8 Å². The zero-order valence-electron chi connectivity index (χ0n) is 32.5. The Morgan fingerprint density at radius 3 is 2.48 bits per heavy atom. The molecule has 3 N–H and O–H groups in total. The van der Waals surface area contributed by atoms with E-state index < -0.39 is 59.5 Å². The number of Topliss-reactive ketones (excluding diaryl/α,β-unsaturated/α-hetero) is 1. The normalized spacial score (nSPS) is 38.2. The summed E-state index contributed by atoms with van der Waals surface area (Å²) in [6.45, 7) is 9.79. The Balaban J connectivity index is 1.71. The number of esters is 1. The predicted molar refractivity (Wildman–Crippen MR) is 194 cm³/mol. The summed E-state index contributed by atoms with van der Waals surface area (Å²) in [6, 6.07) is -0.942. The number of amides is 1. The van der Waals surface area contributed by atoms with Crippen LogP contribution in [0.2, 0.25) is 0 Å². The van der Waals surface area contributed by atoms with Gasteiger partial charge in [0.2, 0.25) is 0 Å². The molecule has 5 rings (SSSR count). The minimum Gasteiger partial charge on any atom is -0.456 e. The molecule has 3 unspecified atom stereocenters. The summed E-state index contributed by atoms with van der Waals surface area (Å²) in [4.78, 5) is 43.9. The van der Waals surface area contributed by atoms with Crippen LogP contribution in [-0.4, -0.2) is 120 Å². The number of hydrogen-bond donors (Lipinski definition) is 3. The van der Waals surface area contributed by atoms with Crippen LogP contribution in [0.5, 0.6) is 0 Å². The van der Waals surface area contributed by atoms with Crippen molar-refractivity contribution in [2.24, 2.45) is 17.8 Å². The van der Waals surface area contributed by atoms with Crippen LogP contribution in [0.15, 0.2) is 23.3 Å². The van der Waals surface area contributed by atoms with Crippen LogP contribution in [0.1, 0.15) is 112 Å². The van der Waals surface area contributed by atoms with E-state index >= 15 is 0 Å². The number of allylic oxidation sites excluding steroid dienone is 1. The van der Waals surface area contributed by atoms with Crippen molar-refractivity contribution in [1.29, 1.82) is 0 Å². The maximum absolute atomic E-state index is 14.3. The lowest BCUT2D eigenvalue weighted by molar-refractivity contribution is -0.235. The molecular weight excluding hydrogens is 670 g/mol. The van der Waals surface area contributed by atoms with Gasteiger partial charge in [0.05, 0.1) is 31.5 Å². The Bertz CT molecular complexity index is 1290. The van der Waals surface area contributed by atoms with E-state index in [1.165, 1.54) is 4.90 Å². The molecule has 0 aromatic rings. The summed E-state index contributed by atoms with van der Waals surface area (Å²) >= 11 is 0. The van der Waals surface area contributed by atoms with E-state index in [9.17, 15) is 29.7 Å². The lowest BCUT2D eigenvalue weighted by atomic mass is 9.76. The van der Waals surface area contributed by atoms with Crippen molar-refractivity contribution in [2.45, 2.75) is 160 Å². The van der Waals surface area contributed by atoms with Gasteiger partial charge in [0.1, 0.15) is 23.9 Å². The molecule has 52 heavy (non-hydrogen) atoms. The van der Waals surface area contributed by atoms with Crippen LogP contribution in [-0.2, 0) is 38.1 Å². The number of hydrogen-bond acceptors (Lipinski definition) is 11. The highest BCUT2D eigenvalue weighted by Gasteiger charge is 2.54. The second kappa shape index (κ2) is 18.9. The lowest BCUT2D eigenvalue weighted by Gasteiger charge is -2.48. The van der Waals surface area contributed by atoms with Gasteiger partial charge in [-0.1, -0.05) is 32.9 Å². The molecule has 5 heterocycles. The molecule has 0 spiro atoms. The highest BCUT2D eigenvalue weighted by molar-refractivity contribution is 6.39. The Kier molecular flexibility index (Phi) is 15.5. The lowest BCUT2D eigenvalue weighted by Crippen LogP contribution is -2.63. The Morgan fingerprint density at radius 1 is 1.10 bits per heavy atom. The number of fused-ring (bicyclic) bond motifs is 11. The second-order valence-corrected chi connectivity index (χ2v) is 15.9. The zero-order chi connectivity index (χ0) is 38.2. The third-order valence-corrected chi connectivity index (χ3v) is 12.1. The molecule has 5 aliphatic heterocycles. The molecule has 0 radical (unpaired) electrons. The molecule has 0 aliphatic carbocycles. The SMILES string of the molecule is CC[C@@H]1C=C2COC1(O)CCC[C@H](/C(C)=C\CCC(O)CO)OC(=O)C1CCCCN1C(=O)C(=O)[C@]1(C)O[C@H]([C@@H](OC)C[C@@H](C)C2)[C@@H](OC)C[C@H]1C. The van der Waals surface area contributed by atoms with Crippen molar-refractivity contribution in [2.75, 3.05) is 34.0 Å². The summed E-state index contributed by atoms with van der Waals surface area (Å²) in [5.74, 6) is -3.83.